The number of carbonyl (C=O) groups excluding carboxylic acids is 1. The van der Waals surface area contributed by atoms with Crippen LogP contribution in [-0.4, -0.2) is 41.7 Å². The van der Waals surface area contributed by atoms with E-state index in [-0.39, 0.29) is 18.7 Å². The van der Waals surface area contributed by atoms with E-state index in [0.717, 1.165) is 17.0 Å². The average Bonchev–Trinajstić information content (AvgIpc) is 2.39. The fraction of sp³-hybridized carbons (Fsp3) is 0.429. The summed E-state index contributed by atoms with van der Waals surface area (Å²) < 4.78 is 32.5. The molecule has 2 N–H and O–H groups in total. The first-order valence-electron chi connectivity index (χ1n) is 6.60. The Balaban J connectivity index is 2.78. The Morgan fingerprint density at radius 2 is 1.86 bits per heavy atom. The second-order valence-electron chi connectivity index (χ2n) is 4.93. The van der Waals surface area contributed by atoms with Gasteiger partial charge in [0, 0.05) is 31.4 Å². The normalized spacial score (nSPS) is 10.5. The summed E-state index contributed by atoms with van der Waals surface area (Å²) in [7, 11) is 1.38. The van der Waals surface area contributed by atoms with E-state index in [2.05, 4.69) is 5.32 Å². The SMILES string of the molecule is CC(C)Oc1c(F)cc(NC(=O)N(C)CCC(=O)O)cc1F. The van der Waals surface area contributed by atoms with Crippen LogP contribution in [0.1, 0.15) is 20.3 Å². The lowest BCUT2D eigenvalue weighted by Crippen LogP contribution is -2.33. The highest BCUT2D eigenvalue weighted by Crippen LogP contribution is 2.26. The minimum atomic E-state index is -1.05. The van der Waals surface area contributed by atoms with Gasteiger partial charge in [-0.25, -0.2) is 13.6 Å². The van der Waals surface area contributed by atoms with Crippen molar-refractivity contribution in [2.75, 3.05) is 18.9 Å². The van der Waals surface area contributed by atoms with Crippen molar-refractivity contribution < 1.29 is 28.2 Å². The van der Waals surface area contributed by atoms with Gasteiger partial charge in [0.05, 0.1) is 12.5 Å². The van der Waals surface area contributed by atoms with Crippen LogP contribution in [0.4, 0.5) is 19.3 Å². The fourth-order valence-electron chi connectivity index (χ4n) is 1.56. The van der Waals surface area contributed by atoms with Crippen LogP contribution in [0.15, 0.2) is 12.1 Å². The topological polar surface area (TPSA) is 78.9 Å². The monoisotopic (exact) mass is 316 g/mol. The van der Waals surface area contributed by atoms with Crippen LogP contribution in [0, 0.1) is 11.6 Å². The number of benzene rings is 1. The van der Waals surface area contributed by atoms with Gasteiger partial charge in [0.2, 0.25) is 0 Å². The van der Waals surface area contributed by atoms with E-state index in [1.54, 1.807) is 13.8 Å². The van der Waals surface area contributed by atoms with Crippen LogP contribution in [0.5, 0.6) is 5.75 Å². The van der Waals surface area contributed by atoms with Crippen LogP contribution in [0.2, 0.25) is 0 Å². The molecule has 0 unspecified atom stereocenters. The maximum atomic E-state index is 13.8. The van der Waals surface area contributed by atoms with E-state index in [1.807, 2.05) is 0 Å². The minimum Gasteiger partial charge on any atom is -0.485 e. The summed E-state index contributed by atoms with van der Waals surface area (Å²) >= 11 is 0. The molecule has 0 saturated carbocycles. The van der Waals surface area contributed by atoms with E-state index >= 15 is 0 Å². The van der Waals surface area contributed by atoms with Crippen molar-refractivity contribution in [3.8, 4) is 5.75 Å². The van der Waals surface area contributed by atoms with Gasteiger partial charge in [0.25, 0.3) is 0 Å². The predicted molar refractivity (Wildman–Crippen MR) is 76.0 cm³/mol. The molecule has 0 aliphatic carbocycles. The second kappa shape index (κ2) is 7.58. The molecule has 1 aromatic rings. The third-order valence-electron chi connectivity index (χ3n) is 2.61. The highest BCUT2D eigenvalue weighted by atomic mass is 19.1. The van der Waals surface area contributed by atoms with Gasteiger partial charge in [-0.15, -0.1) is 0 Å². The molecule has 0 heterocycles. The number of aliphatic carboxylic acids is 1. The van der Waals surface area contributed by atoms with Crippen LogP contribution in [-0.2, 0) is 4.79 Å². The molecule has 0 spiro atoms. The molecular weight excluding hydrogens is 298 g/mol. The van der Waals surface area contributed by atoms with Crippen LogP contribution < -0.4 is 10.1 Å². The number of carboxylic acid groups (broad SMARTS) is 1. The average molecular weight is 316 g/mol. The number of hydrogen-bond acceptors (Lipinski definition) is 3. The Morgan fingerprint density at radius 1 is 1.32 bits per heavy atom. The molecule has 1 aromatic carbocycles. The van der Waals surface area contributed by atoms with Crippen molar-refractivity contribution >= 4 is 17.7 Å². The van der Waals surface area contributed by atoms with Crippen molar-refractivity contribution in [3.05, 3.63) is 23.8 Å². The Morgan fingerprint density at radius 3 is 2.32 bits per heavy atom. The Bertz CT molecular complexity index is 541. The highest BCUT2D eigenvalue weighted by molar-refractivity contribution is 5.89. The summed E-state index contributed by atoms with van der Waals surface area (Å²) in [6, 6.07) is 1.20. The number of urea groups is 1. The predicted octanol–water partition coefficient (Wildman–Crippen LogP) is 2.69. The number of ether oxygens (including phenoxy) is 1. The number of halogens is 2. The van der Waals surface area contributed by atoms with Crippen LogP contribution in [0.25, 0.3) is 0 Å². The van der Waals surface area contributed by atoms with Gasteiger partial charge in [0.1, 0.15) is 0 Å². The van der Waals surface area contributed by atoms with Gasteiger partial charge in [-0.3, -0.25) is 4.79 Å². The van der Waals surface area contributed by atoms with Gasteiger partial charge in [-0.1, -0.05) is 0 Å². The zero-order valence-electron chi connectivity index (χ0n) is 12.5. The molecular formula is C14H18F2N2O4. The van der Waals surface area contributed by atoms with Crippen LogP contribution >= 0.6 is 0 Å². The fourth-order valence-corrected chi connectivity index (χ4v) is 1.56. The number of nitrogens with zero attached hydrogens (tertiary/aromatic N) is 1. The number of carboxylic acids is 1. The van der Waals surface area contributed by atoms with E-state index in [0.29, 0.717) is 0 Å². The molecule has 0 radical (unpaired) electrons. The molecule has 0 aromatic heterocycles. The molecule has 0 aliphatic rings. The minimum absolute atomic E-state index is 0.0271. The number of hydrogen-bond donors (Lipinski definition) is 2. The van der Waals surface area contributed by atoms with Crippen LogP contribution in [0.3, 0.4) is 0 Å². The first-order chi connectivity index (χ1) is 10.2. The Labute approximate surface area is 126 Å². The Hall–Kier alpha value is -2.38. The molecule has 122 valence electrons. The lowest BCUT2D eigenvalue weighted by molar-refractivity contribution is -0.137. The van der Waals surface area contributed by atoms with Gasteiger partial charge in [-0.2, -0.15) is 0 Å². The summed E-state index contributed by atoms with van der Waals surface area (Å²) in [5.41, 5.74) is -0.0849. The summed E-state index contributed by atoms with van der Waals surface area (Å²) in [5, 5.41) is 10.8. The van der Waals surface area contributed by atoms with Crippen molar-refractivity contribution in [1.82, 2.24) is 4.90 Å². The molecule has 22 heavy (non-hydrogen) atoms. The molecule has 1 rings (SSSR count). The molecule has 8 heteroatoms. The second-order valence-corrected chi connectivity index (χ2v) is 4.93. The lowest BCUT2D eigenvalue weighted by Gasteiger charge is -2.18. The largest absolute Gasteiger partial charge is 0.485 e. The van der Waals surface area contributed by atoms with Gasteiger partial charge in [-0.05, 0) is 13.8 Å². The number of anilines is 1. The summed E-state index contributed by atoms with van der Waals surface area (Å²) in [5.74, 6) is -3.42. The van der Waals surface area contributed by atoms with E-state index < -0.39 is 35.5 Å². The van der Waals surface area contributed by atoms with E-state index in [1.165, 1.54) is 7.05 Å². The first-order valence-corrected chi connectivity index (χ1v) is 6.60. The number of amides is 2. The van der Waals surface area contributed by atoms with Gasteiger partial charge in [0.15, 0.2) is 17.4 Å². The third kappa shape index (κ3) is 5.19. The Kier molecular flexibility index (Phi) is 6.09. The van der Waals surface area contributed by atoms with Crippen molar-refractivity contribution in [1.29, 1.82) is 0 Å². The smallest absolute Gasteiger partial charge is 0.321 e. The maximum Gasteiger partial charge on any atom is 0.321 e. The quantitative estimate of drug-likeness (QED) is 0.846. The summed E-state index contributed by atoms with van der Waals surface area (Å²) in [6.45, 7) is 3.23. The first kappa shape index (κ1) is 17.7. The summed E-state index contributed by atoms with van der Waals surface area (Å²) in [6.07, 6.45) is -0.625. The molecule has 0 fully saturated rings. The molecule has 0 saturated heterocycles. The molecule has 6 nitrogen and oxygen atoms in total. The lowest BCUT2D eigenvalue weighted by atomic mass is 10.2. The summed E-state index contributed by atoms with van der Waals surface area (Å²) in [4.78, 5) is 23.3. The zero-order chi connectivity index (χ0) is 16.9. The standard InChI is InChI=1S/C14H18F2N2O4/c1-8(2)22-13-10(15)6-9(7-11(13)16)17-14(21)18(3)5-4-12(19)20/h6-8H,4-5H2,1-3H3,(H,17,21)(H,19,20). The number of nitrogens with one attached hydrogen (secondary N) is 1. The molecule has 0 bridgehead atoms. The molecule has 0 atom stereocenters. The van der Waals surface area contributed by atoms with Gasteiger partial charge < -0.3 is 20.1 Å². The van der Waals surface area contributed by atoms with Gasteiger partial charge >= 0.3 is 12.0 Å². The van der Waals surface area contributed by atoms with Crippen molar-refractivity contribution in [2.45, 2.75) is 26.4 Å². The highest BCUT2D eigenvalue weighted by Gasteiger charge is 2.16. The zero-order valence-corrected chi connectivity index (χ0v) is 12.5. The van der Waals surface area contributed by atoms with Crippen molar-refractivity contribution in [3.63, 3.8) is 0 Å². The molecule has 0 aliphatic heterocycles. The van der Waals surface area contributed by atoms with Crippen molar-refractivity contribution in [2.24, 2.45) is 0 Å². The molecule has 2 amide bonds. The maximum absolute atomic E-state index is 13.8. The third-order valence-corrected chi connectivity index (χ3v) is 2.61. The van der Waals surface area contributed by atoms with E-state index in [4.69, 9.17) is 9.84 Å². The van der Waals surface area contributed by atoms with E-state index in [9.17, 15) is 18.4 Å². The number of carbonyl (C=O) groups is 2. The number of rotatable bonds is 6.